The number of anilines is 1. The summed E-state index contributed by atoms with van der Waals surface area (Å²) in [5.74, 6) is -1.06. The smallest absolute Gasteiger partial charge is 0.340 e. The average Bonchev–Trinajstić information content (AvgIpc) is 2.50. The van der Waals surface area contributed by atoms with E-state index in [4.69, 9.17) is 16.3 Å². The Labute approximate surface area is 133 Å². The average molecular weight is 319 g/mol. The number of nitrogens with zero attached hydrogens (tertiary/aromatic N) is 1. The summed E-state index contributed by atoms with van der Waals surface area (Å²) in [5, 5.41) is 3.03. The molecular formula is C16H15ClN2O3. The Hall–Kier alpha value is -2.40. The summed E-state index contributed by atoms with van der Waals surface area (Å²) in [6.07, 6.45) is 0.459. The summed E-state index contributed by atoms with van der Waals surface area (Å²) >= 11 is 5.96. The predicted molar refractivity (Wildman–Crippen MR) is 83.9 cm³/mol. The van der Waals surface area contributed by atoms with Crippen LogP contribution in [0.3, 0.4) is 0 Å². The topological polar surface area (TPSA) is 68.3 Å². The molecule has 1 amide bonds. The quantitative estimate of drug-likeness (QED) is 0.879. The molecule has 2 aromatic rings. The first kappa shape index (κ1) is 16.0. The van der Waals surface area contributed by atoms with Crippen LogP contribution in [0, 0.1) is 6.92 Å². The van der Waals surface area contributed by atoms with E-state index in [0.717, 1.165) is 5.69 Å². The molecule has 0 saturated heterocycles. The Morgan fingerprint density at radius 2 is 1.95 bits per heavy atom. The number of esters is 1. The third kappa shape index (κ3) is 4.05. The number of para-hydroxylation sites is 1. The van der Waals surface area contributed by atoms with Crippen LogP contribution in [0.5, 0.6) is 0 Å². The number of halogens is 1. The third-order valence-corrected chi connectivity index (χ3v) is 3.26. The maximum Gasteiger partial charge on any atom is 0.340 e. The lowest BCUT2D eigenvalue weighted by molar-refractivity contribution is -0.123. The highest BCUT2D eigenvalue weighted by Gasteiger charge is 2.19. The van der Waals surface area contributed by atoms with Crippen LogP contribution in [-0.2, 0) is 9.53 Å². The van der Waals surface area contributed by atoms with Crippen LogP contribution in [0.4, 0.5) is 5.69 Å². The fraction of sp³-hybridized carbons (Fsp3) is 0.188. The molecule has 0 aliphatic rings. The molecule has 0 spiro atoms. The second kappa shape index (κ2) is 7.04. The molecule has 0 saturated carbocycles. The van der Waals surface area contributed by atoms with Crippen molar-refractivity contribution in [3.05, 3.63) is 58.9 Å². The zero-order valence-electron chi connectivity index (χ0n) is 12.2. The van der Waals surface area contributed by atoms with E-state index >= 15 is 0 Å². The first-order valence-corrected chi connectivity index (χ1v) is 7.04. The molecule has 0 aliphatic heterocycles. The Kier molecular flexibility index (Phi) is 5.12. The van der Waals surface area contributed by atoms with Gasteiger partial charge in [-0.25, -0.2) is 4.79 Å². The van der Waals surface area contributed by atoms with Gasteiger partial charge in [0.05, 0.1) is 16.3 Å². The minimum absolute atomic E-state index is 0.294. The van der Waals surface area contributed by atoms with Gasteiger partial charge in [-0.3, -0.25) is 9.78 Å². The fourth-order valence-corrected chi connectivity index (χ4v) is 1.85. The third-order valence-electron chi connectivity index (χ3n) is 2.93. The van der Waals surface area contributed by atoms with Crippen LogP contribution in [0.15, 0.2) is 42.6 Å². The number of amides is 1. The van der Waals surface area contributed by atoms with Gasteiger partial charge in [-0.1, -0.05) is 23.7 Å². The standard InChI is InChI=1S/C16H15ClN2O3/c1-10-7-8-12(9-18-10)16(21)22-11(2)15(20)19-14-6-4-3-5-13(14)17/h3-9,11H,1-2H3,(H,19,20). The second-order valence-corrected chi connectivity index (χ2v) is 5.11. The van der Waals surface area contributed by atoms with E-state index < -0.39 is 18.0 Å². The molecule has 2 rings (SSSR count). The van der Waals surface area contributed by atoms with Crippen molar-refractivity contribution < 1.29 is 14.3 Å². The summed E-state index contributed by atoms with van der Waals surface area (Å²) < 4.78 is 5.12. The number of hydrogen-bond acceptors (Lipinski definition) is 4. The van der Waals surface area contributed by atoms with Crippen molar-refractivity contribution in [2.75, 3.05) is 5.32 Å². The zero-order valence-corrected chi connectivity index (χ0v) is 12.9. The highest BCUT2D eigenvalue weighted by atomic mass is 35.5. The molecule has 0 radical (unpaired) electrons. The van der Waals surface area contributed by atoms with Gasteiger partial charge in [-0.2, -0.15) is 0 Å². The monoisotopic (exact) mass is 318 g/mol. The molecular weight excluding hydrogens is 304 g/mol. The second-order valence-electron chi connectivity index (χ2n) is 4.70. The molecule has 1 atom stereocenters. The van der Waals surface area contributed by atoms with Crippen molar-refractivity contribution in [2.45, 2.75) is 20.0 Å². The fourth-order valence-electron chi connectivity index (χ4n) is 1.67. The number of carbonyl (C=O) groups is 2. The van der Waals surface area contributed by atoms with Crippen LogP contribution >= 0.6 is 11.6 Å². The number of ether oxygens (including phenoxy) is 1. The van der Waals surface area contributed by atoms with Crippen molar-refractivity contribution in [3.8, 4) is 0 Å². The van der Waals surface area contributed by atoms with Gasteiger partial charge in [-0.05, 0) is 38.1 Å². The van der Waals surface area contributed by atoms with Crippen LogP contribution in [0.25, 0.3) is 0 Å². The minimum Gasteiger partial charge on any atom is -0.449 e. The van der Waals surface area contributed by atoms with Crippen molar-refractivity contribution in [3.63, 3.8) is 0 Å². The van der Waals surface area contributed by atoms with Gasteiger partial charge >= 0.3 is 5.97 Å². The summed E-state index contributed by atoms with van der Waals surface area (Å²) in [7, 11) is 0. The largest absolute Gasteiger partial charge is 0.449 e. The van der Waals surface area contributed by atoms with Crippen LogP contribution in [0.1, 0.15) is 23.0 Å². The summed E-state index contributed by atoms with van der Waals surface area (Å²) in [6.45, 7) is 3.31. The first-order chi connectivity index (χ1) is 10.5. The SMILES string of the molecule is Cc1ccc(C(=O)OC(C)C(=O)Nc2ccccc2Cl)cn1. The molecule has 1 unspecified atom stereocenters. The molecule has 0 fully saturated rings. The summed E-state index contributed by atoms with van der Waals surface area (Å²) in [6, 6.07) is 10.1. The molecule has 0 bridgehead atoms. The van der Waals surface area contributed by atoms with E-state index in [1.165, 1.54) is 13.1 Å². The van der Waals surface area contributed by atoms with Crippen LogP contribution < -0.4 is 5.32 Å². The van der Waals surface area contributed by atoms with Gasteiger partial charge in [0.25, 0.3) is 5.91 Å². The normalized spacial score (nSPS) is 11.6. The lowest BCUT2D eigenvalue weighted by Crippen LogP contribution is -2.30. The van der Waals surface area contributed by atoms with Gasteiger partial charge in [-0.15, -0.1) is 0 Å². The number of benzene rings is 1. The Morgan fingerprint density at radius 3 is 2.59 bits per heavy atom. The van der Waals surface area contributed by atoms with Crippen LogP contribution in [-0.4, -0.2) is 23.0 Å². The van der Waals surface area contributed by atoms with Crippen molar-refractivity contribution in [2.24, 2.45) is 0 Å². The van der Waals surface area contributed by atoms with Gasteiger partial charge < -0.3 is 10.1 Å². The molecule has 6 heteroatoms. The van der Waals surface area contributed by atoms with Crippen molar-refractivity contribution in [1.82, 2.24) is 4.98 Å². The Bertz CT molecular complexity index is 686. The lowest BCUT2D eigenvalue weighted by atomic mass is 10.2. The van der Waals surface area contributed by atoms with Gasteiger partial charge in [0.1, 0.15) is 0 Å². The molecule has 1 N–H and O–H groups in total. The molecule has 5 nitrogen and oxygen atoms in total. The summed E-state index contributed by atoms with van der Waals surface area (Å²) in [5.41, 5.74) is 1.55. The maximum absolute atomic E-state index is 12.0. The highest BCUT2D eigenvalue weighted by Crippen LogP contribution is 2.20. The molecule has 1 heterocycles. The molecule has 114 valence electrons. The van der Waals surface area contributed by atoms with Crippen molar-refractivity contribution in [1.29, 1.82) is 0 Å². The predicted octanol–water partition coefficient (Wildman–Crippen LogP) is 3.23. The van der Waals surface area contributed by atoms with Crippen molar-refractivity contribution >= 4 is 29.2 Å². The number of aromatic nitrogens is 1. The van der Waals surface area contributed by atoms with Crippen LogP contribution in [0.2, 0.25) is 5.02 Å². The van der Waals surface area contributed by atoms with E-state index in [1.807, 2.05) is 6.92 Å². The van der Waals surface area contributed by atoms with E-state index in [0.29, 0.717) is 16.3 Å². The zero-order chi connectivity index (χ0) is 16.1. The Morgan fingerprint density at radius 1 is 1.23 bits per heavy atom. The molecule has 1 aromatic heterocycles. The number of hydrogen-bond donors (Lipinski definition) is 1. The van der Waals surface area contributed by atoms with E-state index in [2.05, 4.69) is 10.3 Å². The van der Waals surface area contributed by atoms with E-state index in [9.17, 15) is 9.59 Å². The minimum atomic E-state index is -0.954. The van der Waals surface area contributed by atoms with E-state index in [1.54, 1.807) is 36.4 Å². The summed E-state index contributed by atoms with van der Waals surface area (Å²) in [4.78, 5) is 28.0. The van der Waals surface area contributed by atoms with Gasteiger partial charge in [0.2, 0.25) is 0 Å². The lowest BCUT2D eigenvalue weighted by Gasteiger charge is -2.14. The molecule has 1 aromatic carbocycles. The number of pyridine rings is 1. The Balaban J connectivity index is 1.98. The van der Waals surface area contributed by atoms with E-state index in [-0.39, 0.29) is 0 Å². The number of rotatable bonds is 4. The highest BCUT2D eigenvalue weighted by molar-refractivity contribution is 6.33. The van der Waals surface area contributed by atoms with Gasteiger partial charge in [0, 0.05) is 11.9 Å². The number of nitrogens with one attached hydrogen (secondary N) is 1. The molecule has 22 heavy (non-hydrogen) atoms. The molecule has 0 aliphatic carbocycles. The maximum atomic E-state index is 12.0. The number of carbonyl (C=O) groups excluding carboxylic acids is 2. The first-order valence-electron chi connectivity index (χ1n) is 6.66. The number of aryl methyl sites for hydroxylation is 1. The van der Waals surface area contributed by atoms with Gasteiger partial charge in [0.15, 0.2) is 6.10 Å².